The maximum Gasteiger partial charge on any atom is 0.161 e. The van der Waals surface area contributed by atoms with Crippen LogP contribution in [0.15, 0.2) is 36.8 Å². The van der Waals surface area contributed by atoms with Crippen LogP contribution in [0.5, 0.6) is 5.75 Å². The molecule has 0 radical (unpaired) electrons. The number of hydrogen-bond donors (Lipinski definition) is 1. The lowest BCUT2D eigenvalue weighted by atomic mass is 9.86. The van der Waals surface area contributed by atoms with Crippen molar-refractivity contribution in [1.82, 2.24) is 9.97 Å². The molecule has 0 fully saturated rings. The summed E-state index contributed by atoms with van der Waals surface area (Å²) in [5.41, 5.74) is 2.58. The lowest BCUT2D eigenvalue weighted by Crippen LogP contribution is -2.11. The molecule has 20 heavy (non-hydrogen) atoms. The highest BCUT2D eigenvalue weighted by Crippen LogP contribution is 2.29. The zero-order valence-electron chi connectivity index (χ0n) is 12.3. The smallest absolute Gasteiger partial charge is 0.161 e. The quantitative estimate of drug-likeness (QED) is 0.933. The second-order valence-electron chi connectivity index (χ2n) is 5.75. The number of rotatable bonds is 3. The third kappa shape index (κ3) is 2.96. The van der Waals surface area contributed by atoms with Gasteiger partial charge in [-0.3, -0.25) is 0 Å². The van der Waals surface area contributed by atoms with Crippen LogP contribution in [0.1, 0.15) is 43.7 Å². The number of methoxy groups -OCH3 is 1. The van der Waals surface area contributed by atoms with Gasteiger partial charge in [-0.25, -0.2) is 9.97 Å². The van der Waals surface area contributed by atoms with E-state index in [-0.39, 0.29) is 5.41 Å². The maximum atomic E-state index is 10.4. The summed E-state index contributed by atoms with van der Waals surface area (Å²) in [6, 6.07) is 7.91. The van der Waals surface area contributed by atoms with E-state index in [1.165, 1.54) is 19.0 Å². The number of aromatic nitrogens is 2. The number of hydrogen-bond acceptors (Lipinski definition) is 4. The van der Waals surface area contributed by atoms with E-state index in [0.717, 1.165) is 5.56 Å². The van der Waals surface area contributed by atoms with Crippen molar-refractivity contribution in [2.45, 2.75) is 32.3 Å². The molecule has 2 rings (SSSR count). The fourth-order valence-corrected chi connectivity index (χ4v) is 2.01. The molecule has 1 atom stereocenters. The van der Waals surface area contributed by atoms with Crippen LogP contribution in [-0.4, -0.2) is 22.2 Å². The monoisotopic (exact) mass is 272 g/mol. The molecule has 1 heterocycles. The Labute approximate surface area is 119 Å². The minimum atomic E-state index is -0.818. The minimum absolute atomic E-state index is 0.0933. The second kappa shape index (κ2) is 5.59. The van der Waals surface area contributed by atoms with Gasteiger partial charge in [-0.1, -0.05) is 45.0 Å². The molecular weight excluding hydrogens is 252 g/mol. The van der Waals surface area contributed by atoms with Crippen LogP contribution in [0, 0.1) is 0 Å². The minimum Gasteiger partial charge on any atom is -0.493 e. The molecule has 1 N–H and O–H groups in total. The molecule has 106 valence electrons. The molecule has 1 aromatic heterocycles. The highest BCUT2D eigenvalue weighted by atomic mass is 16.5. The zero-order chi connectivity index (χ0) is 14.8. The molecule has 0 aliphatic heterocycles. The van der Waals surface area contributed by atoms with Crippen LogP contribution in [0.3, 0.4) is 0 Å². The zero-order valence-corrected chi connectivity index (χ0v) is 12.3. The lowest BCUT2D eigenvalue weighted by molar-refractivity contribution is 0.209. The summed E-state index contributed by atoms with van der Waals surface area (Å²) in [5, 5.41) is 10.4. The average molecular weight is 272 g/mol. The summed E-state index contributed by atoms with van der Waals surface area (Å²) in [6.07, 6.45) is 2.14. The van der Waals surface area contributed by atoms with Gasteiger partial charge in [-0.15, -0.1) is 0 Å². The summed E-state index contributed by atoms with van der Waals surface area (Å²) in [5.74, 6) is 0.486. The topological polar surface area (TPSA) is 55.2 Å². The van der Waals surface area contributed by atoms with Crippen molar-refractivity contribution < 1.29 is 9.84 Å². The van der Waals surface area contributed by atoms with E-state index in [2.05, 4.69) is 30.7 Å². The Morgan fingerprint density at radius 2 is 1.80 bits per heavy atom. The Morgan fingerprint density at radius 3 is 2.35 bits per heavy atom. The summed E-state index contributed by atoms with van der Waals surface area (Å²) in [7, 11) is 1.54. The number of aliphatic hydroxyl groups is 1. The Morgan fingerprint density at radius 1 is 1.15 bits per heavy atom. The molecule has 4 heteroatoms. The van der Waals surface area contributed by atoms with E-state index < -0.39 is 6.10 Å². The van der Waals surface area contributed by atoms with Crippen LogP contribution in [-0.2, 0) is 5.41 Å². The third-order valence-corrected chi connectivity index (χ3v) is 3.28. The van der Waals surface area contributed by atoms with Gasteiger partial charge in [0.25, 0.3) is 0 Å². The first-order valence-corrected chi connectivity index (χ1v) is 6.56. The molecule has 4 nitrogen and oxygen atoms in total. The van der Waals surface area contributed by atoms with E-state index in [0.29, 0.717) is 11.4 Å². The maximum absolute atomic E-state index is 10.4. The number of ether oxygens (including phenoxy) is 1. The summed E-state index contributed by atoms with van der Waals surface area (Å²) < 4.78 is 5.18. The van der Waals surface area contributed by atoms with Crippen LogP contribution < -0.4 is 4.74 Å². The summed E-state index contributed by atoms with van der Waals surface area (Å²) in [4.78, 5) is 8.00. The van der Waals surface area contributed by atoms with Gasteiger partial charge in [0.15, 0.2) is 5.75 Å². The molecule has 0 aliphatic carbocycles. The summed E-state index contributed by atoms with van der Waals surface area (Å²) >= 11 is 0. The Kier molecular flexibility index (Phi) is 4.04. The van der Waals surface area contributed by atoms with Crippen LogP contribution >= 0.6 is 0 Å². The van der Waals surface area contributed by atoms with Crippen LogP contribution in [0.2, 0.25) is 0 Å². The van der Waals surface area contributed by atoms with Gasteiger partial charge in [0.05, 0.1) is 13.3 Å². The van der Waals surface area contributed by atoms with Crippen molar-refractivity contribution in [2.24, 2.45) is 0 Å². The first-order valence-electron chi connectivity index (χ1n) is 6.56. The standard InChI is InChI=1S/C16H20N2O2/c1-16(2,3)12-7-5-11(6-8-12)15(19)14-13(20-4)9-17-10-18-14/h5-10,15,19H,1-4H3. The fourth-order valence-electron chi connectivity index (χ4n) is 2.01. The number of nitrogens with zero attached hydrogens (tertiary/aromatic N) is 2. The van der Waals surface area contributed by atoms with Gasteiger partial charge < -0.3 is 9.84 Å². The van der Waals surface area contributed by atoms with E-state index >= 15 is 0 Å². The van der Waals surface area contributed by atoms with E-state index in [1.807, 2.05) is 24.3 Å². The highest BCUT2D eigenvalue weighted by molar-refractivity contribution is 5.36. The van der Waals surface area contributed by atoms with Crippen molar-refractivity contribution in [3.63, 3.8) is 0 Å². The highest BCUT2D eigenvalue weighted by Gasteiger charge is 2.19. The normalized spacial score (nSPS) is 13.1. The predicted octanol–water partition coefficient (Wildman–Crippen LogP) is 2.86. The number of benzene rings is 1. The average Bonchev–Trinajstić information content (AvgIpc) is 2.45. The Hall–Kier alpha value is -1.94. The first-order chi connectivity index (χ1) is 9.43. The van der Waals surface area contributed by atoms with Gasteiger partial charge in [-0.05, 0) is 16.5 Å². The molecule has 0 bridgehead atoms. The molecule has 2 aromatic rings. The fraction of sp³-hybridized carbons (Fsp3) is 0.375. The van der Waals surface area contributed by atoms with E-state index in [4.69, 9.17) is 4.74 Å². The molecule has 0 saturated heterocycles. The molecular formula is C16H20N2O2. The predicted molar refractivity (Wildman–Crippen MR) is 77.8 cm³/mol. The first kappa shape index (κ1) is 14.5. The largest absolute Gasteiger partial charge is 0.493 e. The lowest BCUT2D eigenvalue weighted by Gasteiger charge is -2.20. The molecule has 0 aliphatic rings. The van der Waals surface area contributed by atoms with Gasteiger partial charge in [0.2, 0.25) is 0 Å². The van der Waals surface area contributed by atoms with Crippen LogP contribution in [0.4, 0.5) is 0 Å². The SMILES string of the molecule is COc1cncnc1C(O)c1ccc(C(C)(C)C)cc1. The van der Waals surface area contributed by atoms with Crippen molar-refractivity contribution >= 4 is 0 Å². The molecule has 0 spiro atoms. The van der Waals surface area contributed by atoms with Crippen molar-refractivity contribution in [3.05, 3.63) is 53.6 Å². The van der Waals surface area contributed by atoms with Gasteiger partial charge >= 0.3 is 0 Å². The number of aliphatic hydroxyl groups excluding tert-OH is 1. The third-order valence-electron chi connectivity index (χ3n) is 3.28. The van der Waals surface area contributed by atoms with E-state index in [1.54, 1.807) is 6.20 Å². The summed E-state index contributed by atoms with van der Waals surface area (Å²) in [6.45, 7) is 6.48. The molecule has 1 aromatic carbocycles. The van der Waals surface area contributed by atoms with Crippen molar-refractivity contribution in [2.75, 3.05) is 7.11 Å². The molecule has 0 saturated carbocycles. The molecule has 1 unspecified atom stereocenters. The van der Waals surface area contributed by atoms with Crippen molar-refractivity contribution in [3.8, 4) is 5.75 Å². The van der Waals surface area contributed by atoms with Crippen LogP contribution in [0.25, 0.3) is 0 Å². The van der Waals surface area contributed by atoms with E-state index in [9.17, 15) is 5.11 Å². The molecule has 0 amide bonds. The Bertz CT molecular complexity index is 574. The Balaban J connectivity index is 2.32. The van der Waals surface area contributed by atoms with Gasteiger partial charge in [0, 0.05) is 0 Å². The second-order valence-corrected chi connectivity index (χ2v) is 5.75. The van der Waals surface area contributed by atoms with Gasteiger partial charge in [-0.2, -0.15) is 0 Å². The van der Waals surface area contributed by atoms with Crippen molar-refractivity contribution in [1.29, 1.82) is 0 Å². The van der Waals surface area contributed by atoms with Gasteiger partial charge in [0.1, 0.15) is 18.1 Å².